The minimum Gasteiger partial charge on any atom is -0.496 e. The molecule has 4 heteroatoms. The van der Waals surface area contributed by atoms with Gasteiger partial charge in [0.2, 0.25) is 0 Å². The fourth-order valence-corrected chi connectivity index (χ4v) is 3.37. The summed E-state index contributed by atoms with van der Waals surface area (Å²) < 4.78 is 10.9. The summed E-state index contributed by atoms with van der Waals surface area (Å²) in [6.07, 6.45) is 5.15. The Morgan fingerprint density at radius 2 is 1.76 bits per heavy atom. The number of carboxylic acids is 1. The van der Waals surface area contributed by atoms with Crippen molar-refractivity contribution in [1.29, 1.82) is 0 Å². The SMILES string of the molecule is CCc1cc(C2(C(=O)O)CCCCC2)c(OC)cc1OC. The van der Waals surface area contributed by atoms with E-state index in [-0.39, 0.29) is 0 Å². The normalized spacial score (nSPS) is 17.3. The van der Waals surface area contributed by atoms with Crippen LogP contribution in [0.4, 0.5) is 0 Å². The lowest BCUT2D eigenvalue weighted by atomic mass is 9.68. The first-order chi connectivity index (χ1) is 10.1. The van der Waals surface area contributed by atoms with Crippen molar-refractivity contribution in [2.45, 2.75) is 50.9 Å². The van der Waals surface area contributed by atoms with Crippen molar-refractivity contribution in [3.05, 3.63) is 23.3 Å². The van der Waals surface area contributed by atoms with Crippen molar-refractivity contribution in [1.82, 2.24) is 0 Å². The Morgan fingerprint density at radius 3 is 2.24 bits per heavy atom. The van der Waals surface area contributed by atoms with Crippen LogP contribution in [0.3, 0.4) is 0 Å². The highest BCUT2D eigenvalue weighted by molar-refractivity contribution is 5.83. The van der Waals surface area contributed by atoms with Crippen molar-refractivity contribution >= 4 is 5.97 Å². The summed E-state index contributed by atoms with van der Waals surface area (Å²) in [7, 11) is 3.21. The largest absolute Gasteiger partial charge is 0.496 e. The molecule has 21 heavy (non-hydrogen) atoms. The Labute approximate surface area is 126 Å². The van der Waals surface area contributed by atoms with Crippen molar-refractivity contribution in [3.63, 3.8) is 0 Å². The van der Waals surface area contributed by atoms with E-state index in [1.165, 1.54) is 0 Å². The van der Waals surface area contributed by atoms with E-state index in [9.17, 15) is 9.90 Å². The minimum absolute atomic E-state index is 0.619. The summed E-state index contributed by atoms with van der Waals surface area (Å²) in [5.74, 6) is 0.635. The lowest BCUT2D eigenvalue weighted by molar-refractivity contribution is -0.145. The molecule has 0 bridgehead atoms. The number of aliphatic carboxylic acids is 1. The van der Waals surface area contributed by atoms with E-state index in [4.69, 9.17) is 9.47 Å². The molecule has 0 spiro atoms. The Kier molecular flexibility index (Phi) is 4.76. The zero-order valence-corrected chi connectivity index (χ0v) is 13.1. The molecule has 1 fully saturated rings. The summed E-state index contributed by atoms with van der Waals surface area (Å²) in [5.41, 5.74) is 1.01. The average molecular weight is 292 g/mol. The zero-order valence-electron chi connectivity index (χ0n) is 13.1. The number of methoxy groups -OCH3 is 2. The molecule has 1 aliphatic carbocycles. The molecule has 1 saturated carbocycles. The molecule has 2 rings (SSSR count). The molecule has 0 aliphatic heterocycles. The molecular weight excluding hydrogens is 268 g/mol. The number of carbonyl (C=O) groups is 1. The van der Waals surface area contributed by atoms with Crippen molar-refractivity contribution in [2.75, 3.05) is 14.2 Å². The van der Waals surface area contributed by atoms with Crippen LogP contribution >= 0.6 is 0 Å². The number of benzene rings is 1. The van der Waals surface area contributed by atoms with Crippen LogP contribution in [0.1, 0.15) is 50.2 Å². The van der Waals surface area contributed by atoms with E-state index < -0.39 is 11.4 Å². The fraction of sp³-hybridized carbons (Fsp3) is 0.588. The van der Waals surface area contributed by atoms with Gasteiger partial charge in [0, 0.05) is 11.6 Å². The number of carboxylic acid groups (broad SMARTS) is 1. The molecule has 0 aromatic heterocycles. The van der Waals surface area contributed by atoms with E-state index in [2.05, 4.69) is 0 Å². The second-order valence-corrected chi connectivity index (χ2v) is 5.67. The second-order valence-electron chi connectivity index (χ2n) is 5.67. The van der Waals surface area contributed by atoms with Gasteiger partial charge < -0.3 is 14.6 Å². The quantitative estimate of drug-likeness (QED) is 0.901. The van der Waals surface area contributed by atoms with Crippen molar-refractivity contribution in [2.24, 2.45) is 0 Å². The van der Waals surface area contributed by atoms with Gasteiger partial charge in [0.1, 0.15) is 11.5 Å². The standard InChI is InChI=1S/C17H24O4/c1-4-12-10-13(15(21-3)11-14(12)20-2)17(16(18)19)8-6-5-7-9-17/h10-11H,4-9H2,1-3H3,(H,18,19). The van der Waals surface area contributed by atoms with Crippen LogP contribution in [0.5, 0.6) is 11.5 Å². The molecule has 1 N–H and O–H groups in total. The second kappa shape index (κ2) is 6.37. The van der Waals surface area contributed by atoms with E-state index in [1.54, 1.807) is 14.2 Å². The van der Waals surface area contributed by atoms with Gasteiger partial charge in [-0.25, -0.2) is 0 Å². The predicted molar refractivity (Wildman–Crippen MR) is 81.3 cm³/mol. The molecule has 0 amide bonds. The number of aryl methyl sites for hydroxylation is 1. The van der Waals surface area contributed by atoms with Gasteiger partial charge in [0.25, 0.3) is 0 Å². The fourth-order valence-electron chi connectivity index (χ4n) is 3.37. The Morgan fingerprint density at radius 1 is 1.14 bits per heavy atom. The molecule has 0 atom stereocenters. The molecule has 0 heterocycles. The third-order valence-corrected chi connectivity index (χ3v) is 4.62. The Bertz CT molecular complexity index is 516. The lowest BCUT2D eigenvalue weighted by Gasteiger charge is -2.35. The third-order valence-electron chi connectivity index (χ3n) is 4.62. The van der Waals surface area contributed by atoms with Gasteiger partial charge in [-0.2, -0.15) is 0 Å². The maximum Gasteiger partial charge on any atom is 0.314 e. The summed E-state index contributed by atoms with van der Waals surface area (Å²) in [6, 6.07) is 3.80. The van der Waals surface area contributed by atoms with E-state index in [0.717, 1.165) is 42.6 Å². The molecule has 1 aliphatic rings. The van der Waals surface area contributed by atoms with Gasteiger partial charge in [-0.15, -0.1) is 0 Å². The van der Waals surface area contributed by atoms with Gasteiger partial charge >= 0.3 is 5.97 Å². The number of hydrogen-bond acceptors (Lipinski definition) is 3. The first-order valence-electron chi connectivity index (χ1n) is 7.57. The van der Waals surface area contributed by atoms with E-state index in [1.807, 2.05) is 19.1 Å². The number of rotatable bonds is 5. The third kappa shape index (κ3) is 2.71. The molecule has 0 unspecified atom stereocenters. The molecule has 4 nitrogen and oxygen atoms in total. The summed E-state index contributed by atoms with van der Waals surface area (Å²) in [6.45, 7) is 2.04. The first-order valence-corrected chi connectivity index (χ1v) is 7.57. The smallest absolute Gasteiger partial charge is 0.314 e. The van der Waals surface area contributed by atoms with Crippen molar-refractivity contribution in [3.8, 4) is 11.5 Å². The van der Waals surface area contributed by atoms with Gasteiger partial charge in [-0.1, -0.05) is 26.2 Å². The maximum atomic E-state index is 12.0. The van der Waals surface area contributed by atoms with Gasteiger partial charge in [0.15, 0.2) is 0 Å². The minimum atomic E-state index is -0.820. The predicted octanol–water partition coefficient (Wildman–Crippen LogP) is 3.55. The van der Waals surface area contributed by atoms with E-state index >= 15 is 0 Å². The topological polar surface area (TPSA) is 55.8 Å². The first kappa shape index (κ1) is 15.7. The molecule has 1 aromatic rings. The van der Waals surface area contributed by atoms with Crippen LogP contribution in [0.25, 0.3) is 0 Å². The van der Waals surface area contributed by atoms with Gasteiger partial charge in [-0.05, 0) is 30.9 Å². The Balaban J connectivity index is 2.61. The van der Waals surface area contributed by atoms with Crippen LogP contribution in [0.15, 0.2) is 12.1 Å². The molecule has 1 aromatic carbocycles. The number of hydrogen-bond donors (Lipinski definition) is 1. The van der Waals surface area contributed by atoms with Crippen LogP contribution in [0.2, 0.25) is 0 Å². The van der Waals surface area contributed by atoms with Crippen LogP contribution < -0.4 is 9.47 Å². The van der Waals surface area contributed by atoms with E-state index in [0.29, 0.717) is 18.6 Å². The molecule has 116 valence electrons. The monoisotopic (exact) mass is 292 g/mol. The van der Waals surface area contributed by atoms with Crippen LogP contribution in [-0.4, -0.2) is 25.3 Å². The summed E-state index contributed by atoms with van der Waals surface area (Å²) in [4.78, 5) is 12.0. The molecule has 0 saturated heterocycles. The van der Waals surface area contributed by atoms with Gasteiger partial charge in [-0.3, -0.25) is 4.79 Å². The van der Waals surface area contributed by atoms with Crippen LogP contribution in [-0.2, 0) is 16.6 Å². The van der Waals surface area contributed by atoms with Crippen LogP contribution in [0, 0.1) is 0 Å². The highest BCUT2D eigenvalue weighted by atomic mass is 16.5. The summed E-state index contributed by atoms with van der Waals surface area (Å²) in [5, 5.41) is 9.87. The summed E-state index contributed by atoms with van der Waals surface area (Å²) >= 11 is 0. The zero-order chi connectivity index (χ0) is 15.5. The maximum absolute atomic E-state index is 12.0. The Hall–Kier alpha value is -1.71. The molecule has 0 radical (unpaired) electrons. The molecular formula is C17H24O4. The van der Waals surface area contributed by atoms with Gasteiger partial charge in [0.05, 0.1) is 19.6 Å². The highest BCUT2D eigenvalue weighted by Crippen LogP contribution is 2.45. The average Bonchev–Trinajstić information content (AvgIpc) is 2.53. The highest BCUT2D eigenvalue weighted by Gasteiger charge is 2.43. The lowest BCUT2D eigenvalue weighted by Crippen LogP contribution is -2.38. The number of ether oxygens (including phenoxy) is 2. The van der Waals surface area contributed by atoms with Crippen molar-refractivity contribution < 1.29 is 19.4 Å².